The summed E-state index contributed by atoms with van der Waals surface area (Å²) >= 11 is 0. The molecule has 3 rings (SSSR count). The summed E-state index contributed by atoms with van der Waals surface area (Å²) in [6, 6.07) is 5.98. The zero-order chi connectivity index (χ0) is 12.5. The molecule has 0 unspecified atom stereocenters. The molecule has 0 saturated heterocycles. The van der Waals surface area contributed by atoms with E-state index in [4.69, 9.17) is 5.73 Å². The van der Waals surface area contributed by atoms with Gasteiger partial charge in [-0.2, -0.15) is 0 Å². The van der Waals surface area contributed by atoms with E-state index in [9.17, 15) is 0 Å². The van der Waals surface area contributed by atoms with Crippen molar-refractivity contribution in [3.05, 3.63) is 29.6 Å². The Morgan fingerprint density at radius 3 is 2.89 bits per heavy atom. The van der Waals surface area contributed by atoms with E-state index in [0.29, 0.717) is 0 Å². The van der Waals surface area contributed by atoms with Gasteiger partial charge in [-0.05, 0) is 31.4 Å². The number of benzene rings is 1. The first kappa shape index (κ1) is 11.3. The number of nitrogens with two attached hydrogens (primary N) is 1. The van der Waals surface area contributed by atoms with Crippen LogP contribution in [0.5, 0.6) is 0 Å². The summed E-state index contributed by atoms with van der Waals surface area (Å²) < 4.78 is 2.24. The van der Waals surface area contributed by atoms with E-state index in [1.54, 1.807) is 0 Å². The van der Waals surface area contributed by atoms with Crippen molar-refractivity contribution in [1.29, 1.82) is 0 Å². The average molecular weight is 242 g/mol. The van der Waals surface area contributed by atoms with E-state index in [2.05, 4.69) is 27.8 Å². The molecule has 1 aromatic carbocycles. The Labute approximate surface area is 107 Å². The summed E-state index contributed by atoms with van der Waals surface area (Å²) in [5, 5.41) is 8.70. The molecule has 0 atom stereocenters. The van der Waals surface area contributed by atoms with Gasteiger partial charge < -0.3 is 10.3 Å². The van der Waals surface area contributed by atoms with Crippen LogP contribution in [0.1, 0.15) is 30.7 Å². The molecule has 2 aromatic rings. The third kappa shape index (κ3) is 1.78. The topological polar surface area (TPSA) is 56.7 Å². The molecule has 0 fully saturated rings. The predicted octanol–water partition coefficient (Wildman–Crippen LogP) is 2.56. The normalized spacial score (nSPS) is 15.2. The van der Waals surface area contributed by atoms with Crippen LogP contribution in [0, 0.1) is 6.92 Å². The third-order valence-corrected chi connectivity index (χ3v) is 3.64. The molecular weight excluding hydrogens is 224 g/mol. The maximum Gasteiger partial charge on any atom is 0.166 e. The number of fused-ring (bicyclic) bond motifs is 1. The van der Waals surface area contributed by atoms with Gasteiger partial charge in [-0.3, -0.25) is 0 Å². The number of aromatic nitrogens is 3. The highest BCUT2D eigenvalue weighted by molar-refractivity contribution is 5.75. The fourth-order valence-electron chi connectivity index (χ4n) is 2.67. The molecule has 0 aliphatic carbocycles. The second-order valence-corrected chi connectivity index (χ2v) is 4.94. The number of nitrogen functional groups attached to an aromatic ring is 1. The highest BCUT2D eigenvalue weighted by atomic mass is 15.3. The van der Waals surface area contributed by atoms with Crippen LogP contribution in [0.25, 0.3) is 11.4 Å². The van der Waals surface area contributed by atoms with E-state index in [0.717, 1.165) is 41.4 Å². The van der Waals surface area contributed by atoms with E-state index >= 15 is 0 Å². The van der Waals surface area contributed by atoms with Crippen molar-refractivity contribution in [1.82, 2.24) is 14.8 Å². The van der Waals surface area contributed by atoms with E-state index in [1.165, 1.54) is 19.3 Å². The number of hydrogen-bond donors (Lipinski definition) is 1. The minimum Gasteiger partial charge on any atom is -0.398 e. The van der Waals surface area contributed by atoms with Crippen LogP contribution in [0.15, 0.2) is 18.2 Å². The Balaban J connectivity index is 2.15. The Morgan fingerprint density at radius 1 is 1.17 bits per heavy atom. The van der Waals surface area contributed by atoms with Gasteiger partial charge in [-0.1, -0.05) is 18.6 Å². The fourth-order valence-corrected chi connectivity index (χ4v) is 2.67. The first-order valence-corrected chi connectivity index (χ1v) is 6.55. The van der Waals surface area contributed by atoms with Crippen molar-refractivity contribution in [2.75, 3.05) is 5.73 Å². The second-order valence-electron chi connectivity index (χ2n) is 4.94. The van der Waals surface area contributed by atoms with Crippen molar-refractivity contribution < 1.29 is 0 Å². The fraction of sp³-hybridized carbons (Fsp3) is 0.429. The summed E-state index contributed by atoms with van der Waals surface area (Å²) in [6.45, 7) is 3.08. The molecule has 0 bridgehead atoms. The number of nitrogens with zero attached hydrogens (tertiary/aromatic N) is 3. The minimum absolute atomic E-state index is 0.787. The van der Waals surface area contributed by atoms with Gasteiger partial charge in [0.1, 0.15) is 5.82 Å². The summed E-state index contributed by atoms with van der Waals surface area (Å²) in [7, 11) is 0. The number of anilines is 1. The molecule has 0 spiro atoms. The Kier molecular flexibility index (Phi) is 2.78. The summed E-state index contributed by atoms with van der Waals surface area (Å²) in [5.74, 6) is 2.03. The minimum atomic E-state index is 0.787. The Morgan fingerprint density at radius 2 is 2.06 bits per heavy atom. The predicted molar refractivity (Wildman–Crippen MR) is 72.2 cm³/mol. The maximum absolute atomic E-state index is 6.10. The second kappa shape index (κ2) is 4.44. The molecule has 4 heteroatoms. The van der Waals surface area contributed by atoms with Crippen molar-refractivity contribution in [2.45, 2.75) is 39.2 Å². The summed E-state index contributed by atoms with van der Waals surface area (Å²) in [4.78, 5) is 0. The summed E-state index contributed by atoms with van der Waals surface area (Å²) in [5.41, 5.74) is 9.09. The van der Waals surface area contributed by atoms with Crippen molar-refractivity contribution in [3.63, 3.8) is 0 Å². The first-order valence-electron chi connectivity index (χ1n) is 6.55. The van der Waals surface area contributed by atoms with Gasteiger partial charge in [-0.25, -0.2) is 0 Å². The van der Waals surface area contributed by atoms with E-state index in [1.807, 2.05) is 12.1 Å². The lowest BCUT2D eigenvalue weighted by molar-refractivity contribution is 0.636. The van der Waals surface area contributed by atoms with Crippen LogP contribution >= 0.6 is 0 Å². The highest BCUT2D eigenvalue weighted by Crippen LogP contribution is 2.29. The van der Waals surface area contributed by atoms with Gasteiger partial charge in [0.2, 0.25) is 0 Å². The SMILES string of the molecule is Cc1cccc(N)c1-c1nnc2n1CCCCC2. The third-order valence-electron chi connectivity index (χ3n) is 3.64. The molecule has 0 saturated carbocycles. The molecule has 94 valence electrons. The highest BCUT2D eigenvalue weighted by Gasteiger charge is 2.18. The average Bonchev–Trinajstić information content (AvgIpc) is 2.59. The maximum atomic E-state index is 6.10. The van der Waals surface area contributed by atoms with Crippen molar-refractivity contribution in [2.24, 2.45) is 0 Å². The number of aryl methyl sites for hydroxylation is 2. The molecule has 0 amide bonds. The smallest absolute Gasteiger partial charge is 0.166 e. The van der Waals surface area contributed by atoms with Gasteiger partial charge in [-0.15, -0.1) is 10.2 Å². The standard InChI is InChI=1S/C14H18N4/c1-10-6-5-7-11(15)13(10)14-17-16-12-8-3-2-4-9-18(12)14/h5-7H,2-4,8-9,15H2,1H3. The van der Waals surface area contributed by atoms with Gasteiger partial charge in [0.25, 0.3) is 0 Å². The van der Waals surface area contributed by atoms with Gasteiger partial charge >= 0.3 is 0 Å². The molecule has 2 N–H and O–H groups in total. The largest absolute Gasteiger partial charge is 0.398 e. The molecule has 2 heterocycles. The zero-order valence-electron chi connectivity index (χ0n) is 10.7. The molecule has 4 nitrogen and oxygen atoms in total. The lowest BCUT2D eigenvalue weighted by Crippen LogP contribution is -2.05. The molecule has 0 radical (unpaired) electrons. The van der Waals surface area contributed by atoms with Gasteiger partial charge in [0.05, 0.1) is 0 Å². The lowest BCUT2D eigenvalue weighted by Gasteiger charge is -2.11. The Hall–Kier alpha value is -1.84. The quantitative estimate of drug-likeness (QED) is 0.782. The van der Waals surface area contributed by atoms with Gasteiger partial charge in [0.15, 0.2) is 5.82 Å². The van der Waals surface area contributed by atoms with Crippen LogP contribution < -0.4 is 5.73 Å². The van der Waals surface area contributed by atoms with Crippen molar-refractivity contribution in [3.8, 4) is 11.4 Å². The zero-order valence-corrected chi connectivity index (χ0v) is 10.7. The molecule has 1 aliphatic rings. The molecule has 1 aliphatic heterocycles. The first-order chi connectivity index (χ1) is 8.77. The van der Waals surface area contributed by atoms with Crippen LogP contribution in [-0.2, 0) is 13.0 Å². The Bertz CT molecular complexity index is 551. The van der Waals surface area contributed by atoms with Crippen LogP contribution in [0.2, 0.25) is 0 Å². The van der Waals surface area contributed by atoms with E-state index in [-0.39, 0.29) is 0 Å². The number of hydrogen-bond acceptors (Lipinski definition) is 3. The molecule has 1 aromatic heterocycles. The van der Waals surface area contributed by atoms with E-state index < -0.39 is 0 Å². The van der Waals surface area contributed by atoms with Crippen LogP contribution in [0.3, 0.4) is 0 Å². The number of rotatable bonds is 1. The lowest BCUT2D eigenvalue weighted by atomic mass is 10.1. The summed E-state index contributed by atoms with van der Waals surface area (Å²) in [6.07, 6.45) is 4.70. The molecular formula is C14H18N4. The van der Waals surface area contributed by atoms with Gasteiger partial charge in [0, 0.05) is 24.2 Å². The molecule has 18 heavy (non-hydrogen) atoms. The van der Waals surface area contributed by atoms with Crippen molar-refractivity contribution >= 4 is 5.69 Å². The van der Waals surface area contributed by atoms with Crippen LogP contribution in [-0.4, -0.2) is 14.8 Å². The van der Waals surface area contributed by atoms with Crippen LogP contribution in [0.4, 0.5) is 5.69 Å². The monoisotopic (exact) mass is 242 g/mol.